The highest BCUT2D eigenvalue weighted by Crippen LogP contribution is 2.35. The Balaban J connectivity index is 1.83. The van der Waals surface area contributed by atoms with E-state index in [1.807, 2.05) is 6.92 Å². The van der Waals surface area contributed by atoms with Crippen LogP contribution in [-0.2, 0) is 14.8 Å². The van der Waals surface area contributed by atoms with Crippen molar-refractivity contribution in [3.63, 3.8) is 0 Å². The van der Waals surface area contributed by atoms with Crippen LogP contribution in [0.4, 0.5) is 4.79 Å². The number of rotatable bonds is 8. The van der Waals surface area contributed by atoms with E-state index < -0.39 is 21.7 Å². The number of aromatic amines is 2. The summed E-state index contributed by atoms with van der Waals surface area (Å²) in [5, 5.41) is 9.99. The molecule has 0 unspecified atom stereocenters. The van der Waals surface area contributed by atoms with Gasteiger partial charge in [-0.1, -0.05) is 6.92 Å². The second-order valence-electron chi connectivity index (χ2n) is 7.34. The quantitative estimate of drug-likeness (QED) is 0.447. The molecule has 31 heavy (non-hydrogen) atoms. The number of benzene rings is 1. The third-order valence-electron chi connectivity index (χ3n) is 5.08. The van der Waals surface area contributed by atoms with Crippen LogP contribution in [0, 0.1) is 0 Å². The Morgan fingerprint density at radius 3 is 2.77 bits per heavy atom. The van der Waals surface area contributed by atoms with Gasteiger partial charge in [0.05, 0.1) is 23.5 Å². The summed E-state index contributed by atoms with van der Waals surface area (Å²) in [6.07, 6.45) is 2.57. The van der Waals surface area contributed by atoms with Crippen LogP contribution >= 0.6 is 0 Å². The van der Waals surface area contributed by atoms with Crippen LogP contribution in [0.3, 0.4) is 0 Å². The molecule has 10 nitrogen and oxygen atoms in total. The molecule has 0 spiro atoms. The predicted molar refractivity (Wildman–Crippen MR) is 113 cm³/mol. The molecule has 1 aliphatic rings. The zero-order valence-corrected chi connectivity index (χ0v) is 17.7. The minimum Gasteiger partial charge on any atom is -0.434 e. The zero-order chi connectivity index (χ0) is 22.2. The van der Waals surface area contributed by atoms with Gasteiger partial charge in [-0.3, -0.25) is 4.79 Å². The van der Waals surface area contributed by atoms with E-state index in [9.17, 15) is 23.1 Å². The molecule has 0 saturated heterocycles. The van der Waals surface area contributed by atoms with E-state index in [1.54, 1.807) is 0 Å². The average Bonchev–Trinajstić information content (AvgIpc) is 3.49. The largest absolute Gasteiger partial charge is 0.513 e. The molecular weight excluding hydrogens is 426 g/mol. The number of sulfonamides is 1. The molecule has 0 bridgehead atoms. The van der Waals surface area contributed by atoms with Gasteiger partial charge in [-0.05, 0) is 37.5 Å². The normalized spacial score (nSPS) is 14.4. The topological polar surface area (TPSA) is 142 Å². The smallest absolute Gasteiger partial charge is 0.434 e. The molecule has 0 radical (unpaired) electrons. The number of aliphatic hydroxyl groups is 1. The summed E-state index contributed by atoms with van der Waals surface area (Å²) in [4.78, 5) is 29.8. The summed E-state index contributed by atoms with van der Waals surface area (Å²) in [5.74, 6) is 0.0659. The van der Waals surface area contributed by atoms with Crippen LogP contribution in [0.1, 0.15) is 26.2 Å². The number of hydrogen-bond acceptors (Lipinski definition) is 7. The monoisotopic (exact) mass is 449 g/mol. The molecule has 0 atom stereocenters. The van der Waals surface area contributed by atoms with Crippen LogP contribution in [-0.4, -0.2) is 59.8 Å². The number of ether oxygens (including phenoxy) is 2. The van der Waals surface area contributed by atoms with Crippen molar-refractivity contribution in [1.82, 2.24) is 14.3 Å². The molecule has 1 fully saturated rings. The SMILES string of the molecule is CCCOC(=O)Oc1c[nH]c2c(=O)[nH]c3ccc(S(=O)(=O)N(CCO)C4CC4)cc3c12. The molecule has 2 heterocycles. The fraction of sp³-hybridized carbons (Fsp3) is 0.400. The van der Waals surface area contributed by atoms with Crippen molar-refractivity contribution in [2.75, 3.05) is 19.8 Å². The van der Waals surface area contributed by atoms with Gasteiger partial charge in [-0.2, -0.15) is 4.31 Å². The Morgan fingerprint density at radius 1 is 1.32 bits per heavy atom. The minimum atomic E-state index is -3.86. The van der Waals surface area contributed by atoms with Gasteiger partial charge in [0.25, 0.3) is 5.56 Å². The number of aliphatic hydroxyl groups excluding tert-OH is 1. The molecule has 1 saturated carbocycles. The predicted octanol–water partition coefficient (Wildman–Crippen LogP) is 2.08. The van der Waals surface area contributed by atoms with E-state index in [-0.39, 0.29) is 47.3 Å². The number of nitrogens with one attached hydrogen (secondary N) is 2. The number of H-pyrrole nitrogens is 2. The molecule has 0 amide bonds. The molecule has 3 aromatic rings. The number of nitrogens with zero attached hydrogens (tertiary/aromatic N) is 1. The number of carbonyl (C=O) groups excluding carboxylic acids is 1. The molecule has 0 aliphatic heterocycles. The number of carbonyl (C=O) groups is 1. The van der Waals surface area contributed by atoms with Gasteiger partial charge in [-0.25, -0.2) is 13.2 Å². The standard InChI is InChI=1S/C20H23N3O7S/c1-2-9-29-20(26)30-16-11-21-18-17(16)14-10-13(5-6-15(14)22-19(18)25)31(27,28)23(7-8-24)12-3-4-12/h5-6,10-12,21,24H,2-4,7-9H2,1H3,(H,22,25). The highest BCUT2D eigenvalue weighted by molar-refractivity contribution is 7.89. The average molecular weight is 449 g/mol. The van der Waals surface area contributed by atoms with Crippen molar-refractivity contribution in [2.24, 2.45) is 0 Å². The van der Waals surface area contributed by atoms with Crippen molar-refractivity contribution in [2.45, 2.75) is 37.1 Å². The Hall–Kier alpha value is -2.89. The minimum absolute atomic E-state index is 0.00779. The van der Waals surface area contributed by atoms with Crippen LogP contribution in [0.2, 0.25) is 0 Å². The van der Waals surface area contributed by atoms with Gasteiger partial charge in [0.15, 0.2) is 5.75 Å². The van der Waals surface area contributed by atoms with Gasteiger partial charge in [0.2, 0.25) is 10.0 Å². The van der Waals surface area contributed by atoms with Crippen molar-refractivity contribution >= 4 is 38.0 Å². The lowest BCUT2D eigenvalue weighted by molar-refractivity contribution is 0.0997. The van der Waals surface area contributed by atoms with Crippen LogP contribution in [0.25, 0.3) is 21.8 Å². The van der Waals surface area contributed by atoms with Crippen molar-refractivity contribution in [3.8, 4) is 5.75 Å². The van der Waals surface area contributed by atoms with E-state index in [2.05, 4.69) is 9.97 Å². The first kappa shape index (κ1) is 21.3. The second kappa shape index (κ2) is 8.33. The number of pyridine rings is 1. The van der Waals surface area contributed by atoms with Crippen molar-refractivity contribution < 1.29 is 27.8 Å². The maximum Gasteiger partial charge on any atom is 0.513 e. The lowest BCUT2D eigenvalue weighted by Crippen LogP contribution is -2.35. The zero-order valence-electron chi connectivity index (χ0n) is 16.9. The lowest BCUT2D eigenvalue weighted by Gasteiger charge is -2.21. The maximum absolute atomic E-state index is 13.2. The second-order valence-corrected chi connectivity index (χ2v) is 9.23. The van der Waals surface area contributed by atoms with E-state index in [1.165, 1.54) is 28.7 Å². The number of fused-ring (bicyclic) bond motifs is 3. The van der Waals surface area contributed by atoms with Crippen LogP contribution in [0.15, 0.2) is 34.1 Å². The molecule has 3 N–H and O–H groups in total. The highest BCUT2D eigenvalue weighted by atomic mass is 32.2. The van der Waals surface area contributed by atoms with Crippen molar-refractivity contribution in [3.05, 3.63) is 34.7 Å². The molecule has 4 rings (SSSR count). The maximum atomic E-state index is 13.2. The van der Waals surface area contributed by atoms with Crippen LogP contribution < -0.4 is 10.3 Å². The first-order valence-corrected chi connectivity index (χ1v) is 11.4. The van der Waals surface area contributed by atoms with E-state index in [4.69, 9.17) is 9.47 Å². The highest BCUT2D eigenvalue weighted by Gasteiger charge is 2.37. The Labute approximate surface area is 177 Å². The Morgan fingerprint density at radius 2 is 2.10 bits per heavy atom. The summed E-state index contributed by atoms with van der Waals surface area (Å²) in [5.41, 5.74) is 0.104. The lowest BCUT2D eigenvalue weighted by atomic mass is 10.1. The molecule has 11 heteroatoms. The number of aromatic nitrogens is 2. The fourth-order valence-electron chi connectivity index (χ4n) is 3.52. The fourth-order valence-corrected chi connectivity index (χ4v) is 5.22. The van der Waals surface area contributed by atoms with Gasteiger partial charge in [0.1, 0.15) is 5.52 Å². The summed E-state index contributed by atoms with van der Waals surface area (Å²) < 4.78 is 37.9. The van der Waals surface area contributed by atoms with E-state index in [0.717, 1.165) is 12.8 Å². The van der Waals surface area contributed by atoms with Gasteiger partial charge in [0, 0.05) is 29.7 Å². The summed E-state index contributed by atoms with van der Waals surface area (Å²) in [6, 6.07) is 4.23. The molecular formula is C20H23N3O7S. The summed E-state index contributed by atoms with van der Waals surface area (Å²) >= 11 is 0. The Bertz CT molecular complexity index is 1290. The molecule has 166 valence electrons. The Kier molecular flexibility index (Phi) is 5.73. The van der Waals surface area contributed by atoms with Crippen LogP contribution in [0.5, 0.6) is 5.75 Å². The first-order valence-electron chi connectivity index (χ1n) is 10.0. The van der Waals surface area contributed by atoms with Crippen molar-refractivity contribution in [1.29, 1.82) is 0 Å². The summed E-state index contributed by atoms with van der Waals surface area (Å²) in [6.45, 7) is 1.76. The van der Waals surface area contributed by atoms with E-state index >= 15 is 0 Å². The number of hydrogen-bond donors (Lipinski definition) is 3. The van der Waals surface area contributed by atoms with E-state index in [0.29, 0.717) is 17.3 Å². The summed E-state index contributed by atoms with van der Waals surface area (Å²) in [7, 11) is -3.86. The molecule has 1 aliphatic carbocycles. The first-order chi connectivity index (χ1) is 14.9. The van der Waals surface area contributed by atoms with Gasteiger partial charge in [-0.15, -0.1) is 0 Å². The van der Waals surface area contributed by atoms with Gasteiger partial charge >= 0.3 is 6.16 Å². The third kappa shape index (κ3) is 4.03. The van der Waals surface area contributed by atoms with Gasteiger partial charge < -0.3 is 24.5 Å². The third-order valence-corrected chi connectivity index (χ3v) is 7.03. The molecule has 2 aromatic heterocycles. The molecule has 1 aromatic carbocycles.